The van der Waals surface area contributed by atoms with Crippen molar-refractivity contribution in [1.29, 1.82) is 0 Å². The van der Waals surface area contributed by atoms with Gasteiger partial charge in [-0.1, -0.05) is 13.8 Å². The number of halogens is 1. The zero-order valence-electron chi connectivity index (χ0n) is 14.4. The highest BCUT2D eigenvalue weighted by atomic mass is 19.1. The number of aromatic carboxylic acids is 1. The minimum absolute atomic E-state index is 0.0597. The highest BCUT2D eigenvalue weighted by Crippen LogP contribution is 2.30. The third kappa shape index (κ3) is 4.12. The number of methoxy groups -OCH3 is 2. The number of aromatic nitrogens is 2. The SMILES string of the molecule is COc1cc(F)c(/C=C/c2ncc(C(=O)O)c(C(C)C)n2)cc1OC. The minimum Gasteiger partial charge on any atom is -0.493 e. The third-order valence-electron chi connectivity index (χ3n) is 3.53. The summed E-state index contributed by atoms with van der Waals surface area (Å²) < 4.78 is 24.3. The molecule has 2 aromatic rings. The molecule has 0 radical (unpaired) electrons. The van der Waals surface area contributed by atoms with Crippen LogP contribution in [0.4, 0.5) is 4.39 Å². The average Bonchev–Trinajstić information content (AvgIpc) is 2.59. The zero-order valence-corrected chi connectivity index (χ0v) is 14.4. The number of rotatable bonds is 6. The Kier molecular flexibility index (Phi) is 5.69. The Hall–Kier alpha value is -2.96. The van der Waals surface area contributed by atoms with E-state index in [1.54, 1.807) is 0 Å². The first-order chi connectivity index (χ1) is 11.9. The predicted molar refractivity (Wildman–Crippen MR) is 91.5 cm³/mol. The maximum absolute atomic E-state index is 14.1. The summed E-state index contributed by atoms with van der Waals surface area (Å²) in [7, 11) is 2.89. The molecule has 7 heteroatoms. The van der Waals surface area contributed by atoms with Crippen LogP contribution >= 0.6 is 0 Å². The van der Waals surface area contributed by atoms with Gasteiger partial charge in [-0.3, -0.25) is 0 Å². The molecule has 0 fully saturated rings. The lowest BCUT2D eigenvalue weighted by atomic mass is 10.1. The maximum atomic E-state index is 14.1. The molecule has 0 aliphatic heterocycles. The van der Waals surface area contributed by atoms with Crippen LogP contribution in [0, 0.1) is 5.82 Å². The monoisotopic (exact) mass is 346 g/mol. The van der Waals surface area contributed by atoms with Gasteiger partial charge in [0.15, 0.2) is 17.3 Å². The van der Waals surface area contributed by atoms with Crippen molar-refractivity contribution in [3.8, 4) is 11.5 Å². The topological polar surface area (TPSA) is 81.5 Å². The summed E-state index contributed by atoms with van der Waals surface area (Å²) in [5, 5.41) is 9.18. The molecule has 0 spiro atoms. The van der Waals surface area contributed by atoms with E-state index in [1.807, 2.05) is 13.8 Å². The normalized spacial score (nSPS) is 11.1. The smallest absolute Gasteiger partial charge is 0.339 e. The molecule has 0 aliphatic carbocycles. The number of carbonyl (C=O) groups is 1. The van der Waals surface area contributed by atoms with Gasteiger partial charge in [0.05, 0.1) is 25.5 Å². The quantitative estimate of drug-likeness (QED) is 0.860. The van der Waals surface area contributed by atoms with Crippen LogP contribution in [0.5, 0.6) is 11.5 Å². The fraction of sp³-hybridized carbons (Fsp3) is 0.278. The molecule has 25 heavy (non-hydrogen) atoms. The lowest BCUT2D eigenvalue weighted by Gasteiger charge is -2.09. The Balaban J connectivity index is 2.39. The molecular weight excluding hydrogens is 327 g/mol. The van der Waals surface area contributed by atoms with Crippen LogP contribution in [-0.4, -0.2) is 35.3 Å². The minimum atomic E-state index is -1.08. The molecule has 0 aliphatic rings. The van der Waals surface area contributed by atoms with Crippen molar-refractivity contribution in [2.24, 2.45) is 0 Å². The van der Waals surface area contributed by atoms with E-state index in [-0.39, 0.29) is 17.0 Å². The molecule has 2 rings (SSSR count). The highest BCUT2D eigenvalue weighted by Gasteiger charge is 2.15. The number of ether oxygens (including phenoxy) is 2. The third-order valence-corrected chi connectivity index (χ3v) is 3.53. The van der Waals surface area contributed by atoms with E-state index in [0.717, 1.165) is 0 Å². The van der Waals surface area contributed by atoms with Crippen molar-refractivity contribution in [1.82, 2.24) is 9.97 Å². The summed E-state index contributed by atoms with van der Waals surface area (Å²) in [6.45, 7) is 3.69. The van der Waals surface area contributed by atoms with Crippen molar-refractivity contribution in [3.63, 3.8) is 0 Å². The first kappa shape index (κ1) is 18.4. The first-order valence-electron chi connectivity index (χ1n) is 7.57. The highest BCUT2D eigenvalue weighted by molar-refractivity contribution is 5.88. The van der Waals surface area contributed by atoms with Crippen LogP contribution in [0.3, 0.4) is 0 Å². The van der Waals surface area contributed by atoms with Crippen LogP contribution in [0.1, 0.15) is 47.2 Å². The molecule has 1 aromatic heterocycles. The maximum Gasteiger partial charge on any atom is 0.339 e. The molecule has 0 bridgehead atoms. The first-order valence-corrected chi connectivity index (χ1v) is 7.57. The molecule has 1 heterocycles. The molecule has 6 nitrogen and oxygen atoms in total. The Bertz CT molecular complexity index is 819. The second-order valence-electron chi connectivity index (χ2n) is 5.55. The van der Waals surface area contributed by atoms with Crippen molar-refractivity contribution in [3.05, 3.63) is 46.8 Å². The second-order valence-corrected chi connectivity index (χ2v) is 5.55. The van der Waals surface area contributed by atoms with Gasteiger partial charge in [-0.2, -0.15) is 0 Å². The molecule has 0 saturated heterocycles. The van der Waals surface area contributed by atoms with Crippen LogP contribution < -0.4 is 9.47 Å². The van der Waals surface area contributed by atoms with E-state index in [2.05, 4.69) is 9.97 Å². The van der Waals surface area contributed by atoms with E-state index < -0.39 is 11.8 Å². The molecular formula is C18H19FN2O4. The number of nitrogens with zero attached hydrogens (tertiary/aromatic N) is 2. The van der Waals surface area contributed by atoms with Crippen molar-refractivity contribution in [2.45, 2.75) is 19.8 Å². The molecule has 1 N–H and O–H groups in total. The number of benzene rings is 1. The van der Waals surface area contributed by atoms with Crippen molar-refractivity contribution in [2.75, 3.05) is 14.2 Å². The van der Waals surface area contributed by atoms with Gasteiger partial charge in [0.2, 0.25) is 0 Å². The van der Waals surface area contributed by atoms with E-state index in [4.69, 9.17) is 9.47 Å². The molecule has 0 atom stereocenters. The van der Waals surface area contributed by atoms with Crippen LogP contribution in [0.2, 0.25) is 0 Å². The van der Waals surface area contributed by atoms with E-state index >= 15 is 0 Å². The van der Waals surface area contributed by atoms with E-state index in [9.17, 15) is 14.3 Å². The molecule has 0 amide bonds. The van der Waals surface area contributed by atoms with Crippen LogP contribution in [0.15, 0.2) is 18.3 Å². The van der Waals surface area contributed by atoms with E-state index in [0.29, 0.717) is 23.0 Å². The molecule has 1 aromatic carbocycles. The van der Waals surface area contributed by atoms with Crippen LogP contribution in [0.25, 0.3) is 12.2 Å². The number of hydrogen-bond acceptors (Lipinski definition) is 5. The largest absolute Gasteiger partial charge is 0.493 e. The van der Waals surface area contributed by atoms with Crippen molar-refractivity contribution >= 4 is 18.1 Å². The van der Waals surface area contributed by atoms with Gasteiger partial charge in [0, 0.05) is 17.8 Å². The lowest BCUT2D eigenvalue weighted by molar-refractivity contribution is 0.0694. The number of carboxylic acids is 1. The fourth-order valence-electron chi connectivity index (χ4n) is 2.26. The van der Waals surface area contributed by atoms with Gasteiger partial charge in [0.1, 0.15) is 5.82 Å². The summed E-state index contributed by atoms with van der Waals surface area (Å²) in [4.78, 5) is 19.5. The molecule has 0 saturated carbocycles. The van der Waals surface area contributed by atoms with Gasteiger partial charge >= 0.3 is 5.97 Å². The van der Waals surface area contributed by atoms with Gasteiger partial charge in [-0.25, -0.2) is 19.2 Å². The molecule has 132 valence electrons. The molecule has 0 unspecified atom stereocenters. The Labute approximate surface area is 145 Å². The summed E-state index contributed by atoms with van der Waals surface area (Å²) in [5.41, 5.74) is 0.758. The second kappa shape index (κ2) is 7.74. The lowest BCUT2D eigenvalue weighted by Crippen LogP contribution is -2.08. The predicted octanol–water partition coefficient (Wildman–Crippen LogP) is 3.62. The Morgan fingerprint density at radius 2 is 1.84 bits per heavy atom. The summed E-state index contributed by atoms with van der Waals surface area (Å²) in [5.74, 6) is -0.665. The van der Waals surface area contributed by atoms with E-state index in [1.165, 1.54) is 44.7 Å². The Morgan fingerprint density at radius 3 is 2.40 bits per heavy atom. The van der Waals surface area contributed by atoms with Crippen molar-refractivity contribution < 1.29 is 23.8 Å². The van der Waals surface area contributed by atoms with Gasteiger partial charge < -0.3 is 14.6 Å². The zero-order chi connectivity index (χ0) is 18.6. The van der Waals surface area contributed by atoms with Gasteiger partial charge in [-0.15, -0.1) is 0 Å². The van der Waals surface area contributed by atoms with Gasteiger partial charge in [-0.05, 0) is 24.1 Å². The summed E-state index contributed by atoms with van der Waals surface area (Å²) >= 11 is 0. The standard InChI is InChI=1S/C18H19FN2O4/c1-10(2)17-12(18(22)23)9-20-16(21-17)6-5-11-7-14(24-3)15(25-4)8-13(11)19/h5-10H,1-4H3,(H,22,23)/b6-5+. The fourth-order valence-corrected chi connectivity index (χ4v) is 2.26. The summed E-state index contributed by atoms with van der Waals surface area (Å²) in [6.07, 6.45) is 4.27. The summed E-state index contributed by atoms with van der Waals surface area (Å²) in [6, 6.07) is 2.73. The number of hydrogen-bond donors (Lipinski definition) is 1. The van der Waals surface area contributed by atoms with Crippen LogP contribution in [-0.2, 0) is 0 Å². The average molecular weight is 346 g/mol. The Morgan fingerprint density at radius 1 is 1.20 bits per heavy atom. The number of carboxylic acid groups (broad SMARTS) is 1. The van der Waals surface area contributed by atoms with Gasteiger partial charge in [0.25, 0.3) is 0 Å².